The van der Waals surface area contributed by atoms with Crippen molar-refractivity contribution in [3.05, 3.63) is 35.4 Å². The molecule has 0 aromatic heterocycles. The quantitative estimate of drug-likeness (QED) is 0.286. The fourth-order valence-electron chi connectivity index (χ4n) is 4.08. The van der Waals surface area contributed by atoms with E-state index in [-0.39, 0.29) is 29.9 Å². The van der Waals surface area contributed by atoms with Gasteiger partial charge < -0.3 is 25.6 Å². The topological polar surface area (TPSA) is 78.0 Å². The Morgan fingerprint density at radius 1 is 1.27 bits per heavy atom. The molecule has 0 aliphatic carbocycles. The highest BCUT2D eigenvalue weighted by molar-refractivity contribution is 14.0. The third kappa shape index (κ3) is 7.70. The van der Waals surface area contributed by atoms with Gasteiger partial charge in [0, 0.05) is 58.5 Å². The van der Waals surface area contributed by atoms with Gasteiger partial charge in [0.2, 0.25) is 0 Å². The average molecular weight is 529 g/mol. The number of halogens is 1. The van der Waals surface area contributed by atoms with Crippen molar-refractivity contribution in [3.8, 4) is 0 Å². The third-order valence-electron chi connectivity index (χ3n) is 5.81. The highest BCUT2D eigenvalue weighted by atomic mass is 127. The summed E-state index contributed by atoms with van der Waals surface area (Å²) in [4.78, 5) is 18.7. The van der Waals surface area contributed by atoms with Crippen LogP contribution in [0.4, 0.5) is 0 Å². The molecule has 1 amide bonds. The van der Waals surface area contributed by atoms with Gasteiger partial charge in [-0.05, 0) is 49.3 Å². The molecule has 7 nitrogen and oxygen atoms in total. The Bertz CT molecular complexity index is 686. The van der Waals surface area contributed by atoms with Crippen LogP contribution in [0, 0.1) is 5.92 Å². The van der Waals surface area contributed by atoms with Gasteiger partial charge in [0.1, 0.15) is 0 Å². The molecule has 0 saturated carbocycles. The first-order valence-corrected chi connectivity index (χ1v) is 10.8. The molecule has 2 saturated heterocycles. The number of hydrogen-bond donors (Lipinski definition) is 3. The summed E-state index contributed by atoms with van der Waals surface area (Å²) in [5.74, 6) is 1.52. The maximum Gasteiger partial charge on any atom is 0.251 e. The molecule has 1 aromatic rings. The summed E-state index contributed by atoms with van der Waals surface area (Å²) in [7, 11) is 3.47. The third-order valence-corrected chi connectivity index (χ3v) is 5.81. The van der Waals surface area contributed by atoms with E-state index in [9.17, 15) is 4.79 Å². The zero-order valence-electron chi connectivity index (χ0n) is 18.2. The minimum absolute atomic E-state index is 0. The zero-order valence-corrected chi connectivity index (χ0v) is 20.5. The fraction of sp³-hybridized carbons (Fsp3) is 0.636. The smallest absolute Gasteiger partial charge is 0.251 e. The van der Waals surface area contributed by atoms with E-state index in [1.165, 1.54) is 13.0 Å². The Morgan fingerprint density at radius 3 is 2.73 bits per heavy atom. The van der Waals surface area contributed by atoms with Crippen LogP contribution >= 0.6 is 24.0 Å². The Hall–Kier alpha value is -1.39. The van der Waals surface area contributed by atoms with E-state index in [1.807, 2.05) is 25.2 Å². The molecule has 1 aromatic carbocycles. The lowest BCUT2D eigenvalue weighted by Crippen LogP contribution is -2.49. The van der Waals surface area contributed by atoms with Gasteiger partial charge in [-0.15, -0.1) is 24.0 Å². The predicted octanol–water partition coefficient (Wildman–Crippen LogP) is 1.87. The normalized spacial score (nSPS) is 20.5. The number of benzene rings is 1. The monoisotopic (exact) mass is 529 g/mol. The van der Waals surface area contributed by atoms with Gasteiger partial charge in [-0.1, -0.05) is 12.1 Å². The van der Waals surface area contributed by atoms with Gasteiger partial charge in [-0.25, -0.2) is 0 Å². The number of ether oxygens (including phenoxy) is 1. The molecular weight excluding hydrogens is 493 g/mol. The number of likely N-dealkylation sites (tertiary alicyclic amines) is 1. The number of aliphatic imine (C=N–C) groups is 1. The summed E-state index contributed by atoms with van der Waals surface area (Å²) < 4.78 is 5.50. The Morgan fingerprint density at radius 2 is 2.07 bits per heavy atom. The van der Waals surface area contributed by atoms with Gasteiger partial charge in [-0.3, -0.25) is 9.79 Å². The molecule has 1 atom stereocenters. The van der Waals surface area contributed by atoms with Crippen LogP contribution in [0.15, 0.2) is 29.3 Å². The molecule has 0 radical (unpaired) electrons. The SMILES string of the molecule is CN=C(NCCc1cccc(C(=O)NC)c1)NC1CCN(CC2CCOC2)CC1.I. The molecule has 30 heavy (non-hydrogen) atoms. The van der Waals surface area contributed by atoms with Crippen LogP contribution < -0.4 is 16.0 Å². The fourth-order valence-corrected chi connectivity index (χ4v) is 4.08. The van der Waals surface area contributed by atoms with Crippen molar-refractivity contribution < 1.29 is 9.53 Å². The molecule has 2 fully saturated rings. The number of nitrogens with one attached hydrogen (secondary N) is 3. The number of carbonyl (C=O) groups excluding carboxylic acids is 1. The van der Waals surface area contributed by atoms with E-state index >= 15 is 0 Å². The summed E-state index contributed by atoms with van der Waals surface area (Å²) >= 11 is 0. The number of hydrogen-bond acceptors (Lipinski definition) is 4. The van der Waals surface area contributed by atoms with E-state index in [4.69, 9.17) is 4.74 Å². The lowest BCUT2D eigenvalue weighted by molar-refractivity contribution is 0.0963. The lowest BCUT2D eigenvalue weighted by atomic mass is 10.0. The maximum absolute atomic E-state index is 11.8. The van der Waals surface area contributed by atoms with Gasteiger partial charge >= 0.3 is 0 Å². The summed E-state index contributed by atoms with van der Waals surface area (Å²) in [5.41, 5.74) is 1.83. The standard InChI is InChI=1S/C22H35N5O2.HI/c1-23-21(28)19-5-3-4-17(14-19)6-10-25-22(24-2)26-20-7-11-27(12-8-20)15-18-9-13-29-16-18;/h3-5,14,18,20H,6-13,15-16H2,1-2H3,(H,23,28)(H2,24,25,26);1H. The number of piperidine rings is 1. The number of carbonyl (C=O) groups is 1. The van der Waals surface area contributed by atoms with E-state index in [0.717, 1.165) is 69.6 Å². The molecule has 2 heterocycles. The molecular formula is C22H36IN5O2. The molecule has 168 valence electrons. The Balaban J connectivity index is 0.00000320. The van der Waals surface area contributed by atoms with E-state index < -0.39 is 0 Å². The number of guanidine groups is 1. The van der Waals surface area contributed by atoms with E-state index in [0.29, 0.717) is 11.6 Å². The van der Waals surface area contributed by atoms with Crippen molar-refractivity contribution in [2.24, 2.45) is 10.9 Å². The molecule has 2 aliphatic rings. The first kappa shape index (κ1) is 24.9. The van der Waals surface area contributed by atoms with Crippen molar-refractivity contribution in [1.29, 1.82) is 0 Å². The largest absolute Gasteiger partial charge is 0.381 e. The second kappa shape index (κ2) is 13.1. The van der Waals surface area contributed by atoms with Crippen molar-refractivity contribution in [2.45, 2.75) is 31.7 Å². The van der Waals surface area contributed by atoms with Gasteiger partial charge in [-0.2, -0.15) is 0 Å². The minimum atomic E-state index is -0.0518. The molecule has 3 N–H and O–H groups in total. The van der Waals surface area contributed by atoms with Crippen LogP contribution in [0.1, 0.15) is 35.2 Å². The number of nitrogens with zero attached hydrogens (tertiary/aromatic N) is 2. The zero-order chi connectivity index (χ0) is 20.5. The van der Waals surface area contributed by atoms with E-state index in [1.54, 1.807) is 7.05 Å². The lowest BCUT2D eigenvalue weighted by Gasteiger charge is -2.34. The number of amides is 1. The van der Waals surface area contributed by atoms with Crippen molar-refractivity contribution in [1.82, 2.24) is 20.9 Å². The number of rotatable bonds is 7. The summed E-state index contributed by atoms with van der Waals surface area (Å²) in [6.45, 7) is 6.09. The van der Waals surface area contributed by atoms with E-state index in [2.05, 4.69) is 31.9 Å². The Labute approximate surface area is 197 Å². The van der Waals surface area contributed by atoms with Gasteiger partial charge in [0.05, 0.1) is 6.61 Å². The molecule has 2 aliphatic heterocycles. The highest BCUT2D eigenvalue weighted by Crippen LogP contribution is 2.17. The maximum atomic E-state index is 11.8. The van der Waals surface area contributed by atoms with Crippen LogP contribution in [-0.2, 0) is 11.2 Å². The van der Waals surface area contributed by atoms with Crippen LogP contribution in [0.25, 0.3) is 0 Å². The summed E-state index contributed by atoms with van der Waals surface area (Å²) in [6, 6.07) is 8.23. The summed E-state index contributed by atoms with van der Waals surface area (Å²) in [6.07, 6.45) is 4.33. The van der Waals surface area contributed by atoms with Gasteiger partial charge in [0.25, 0.3) is 5.91 Å². The second-order valence-corrected chi connectivity index (χ2v) is 7.98. The van der Waals surface area contributed by atoms with Gasteiger partial charge in [0.15, 0.2) is 5.96 Å². The van der Waals surface area contributed by atoms with Crippen LogP contribution in [0.3, 0.4) is 0 Å². The minimum Gasteiger partial charge on any atom is -0.381 e. The molecule has 0 spiro atoms. The average Bonchev–Trinajstić information content (AvgIpc) is 3.27. The first-order chi connectivity index (χ1) is 14.2. The highest BCUT2D eigenvalue weighted by Gasteiger charge is 2.24. The van der Waals surface area contributed by atoms with Crippen LogP contribution in [0.2, 0.25) is 0 Å². The molecule has 3 rings (SSSR count). The van der Waals surface area contributed by atoms with Crippen LogP contribution in [-0.4, -0.2) is 76.3 Å². The predicted molar refractivity (Wildman–Crippen MR) is 132 cm³/mol. The molecule has 0 bridgehead atoms. The molecule has 8 heteroatoms. The van der Waals surface area contributed by atoms with Crippen LogP contribution in [0.5, 0.6) is 0 Å². The molecule has 1 unspecified atom stereocenters. The summed E-state index contributed by atoms with van der Waals surface area (Å²) in [5, 5.41) is 9.64. The van der Waals surface area contributed by atoms with Crippen molar-refractivity contribution in [3.63, 3.8) is 0 Å². The first-order valence-electron chi connectivity index (χ1n) is 10.8. The Kier molecular flexibility index (Phi) is 10.9. The second-order valence-electron chi connectivity index (χ2n) is 7.98. The van der Waals surface area contributed by atoms with Crippen molar-refractivity contribution >= 4 is 35.8 Å². The van der Waals surface area contributed by atoms with Crippen molar-refractivity contribution in [2.75, 3.05) is 53.5 Å².